The molecular weight excluding hydrogens is 801 g/mol. The second-order valence-corrected chi connectivity index (χ2v) is 20.0. The summed E-state index contributed by atoms with van der Waals surface area (Å²) in [4.78, 5) is 13.2. The van der Waals surface area contributed by atoms with Gasteiger partial charge in [-0.2, -0.15) is 21.4 Å². The summed E-state index contributed by atoms with van der Waals surface area (Å²) < 4.78 is 74.8. The van der Waals surface area contributed by atoms with E-state index in [2.05, 4.69) is 105 Å². The molecule has 320 valence electrons. The largest absolute Gasteiger partial charge is 0.481 e. The van der Waals surface area contributed by atoms with Crippen LogP contribution in [0.2, 0.25) is 0 Å². The standard InChI is InChI=1S/C47H56N2O9S2/c1-33-19-26-41-39(32-33)47(4,5)43(49(41)30-11-12-31-59(52,53)54)28-21-35-15-13-14-34(45(35)58-36-22-24-37(25-23-36)60(55,56)57)20-27-42-46(2,3)38-16-8-9-17-40(38)48(42)29-10-6-7-18-44(50)51/h8-9,16-17,19-28,32H,6-7,10-15,18,29-31H2,1-5H3,(H2-,50,51,52,53,54,55,56,57)/p+1. The van der Waals surface area contributed by atoms with Gasteiger partial charge in [-0.3, -0.25) is 13.9 Å². The van der Waals surface area contributed by atoms with Crippen molar-refractivity contribution in [1.82, 2.24) is 0 Å². The van der Waals surface area contributed by atoms with Gasteiger partial charge in [-0.25, -0.2) is 0 Å². The smallest absolute Gasteiger partial charge is 0.303 e. The summed E-state index contributed by atoms with van der Waals surface area (Å²) >= 11 is 0. The summed E-state index contributed by atoms with van der Waals surface area (Å²) in [5, 5.41) is 9.16. The molecule has 3 aliphatic rings. The molecule has 0 radical (unpaired) electrons. The highest BCUT2D eigenvalue weighted by atomic mass is 32.2. The highest BCUT2D eigenvalue weighted by molar-refractivity contribution is 7.86. The molecule has 0 amide bonds. The van der Waals surface area contributed by atoms with Crippen LogP contribution in [0.4, 0.5) is 11.4 Å². The second-order valence-electron chi connectivity index (χ2n) is 17.0. The third-order valence-corrected chi connectivity index (χ3v) is 13.5. The predicted octanol–water partition coefficient (Wildman–Crippen LogP) is 9.61. The van der Waals surface area contributed by atoms with Crippen molar-refractivity contribution in [2.75, 3.05) is 23.7 Å². The summed E-state index contributed by atoms with van der Waals surface area (Å²) in [6, 6.07) is 20.5. The molecule has 60 heavy (non-hydrogen) atoms. The zero-order chi connectivity index (χ0) is 43.5. The Bertz CT molecular complexity index is 2510. The number of ether oxygens (including phenoxy) is 1. The van der Waals surface area contributed by atoms with Crippen LogP contribution >= 0.6 is 0 Å². The van der Waals surface area contributed by atoms with Gasteiger partial charge in [0.2, 0.25) is 5.69 Å². The molecule has 1 aliphatic carbocycles. The summed E-state index contributed by atoms with van der Waals surface area (Å²) in [7, 11) is -8.47. The first-order valence-corrected chi connectivity index (χ1v) is 23.7. The van der Waals surface area contributed by atoms with E-state index in [-0.39, 0.29) is 27.9 Å². The lowest BCUT2D eigenvalue weighted by Gasteiger charge is -2.27. The quantitative estimate of drug-likeness (QED) is 0.0677. The Morgan fingerprint density at radius 3 is 2.27 bits per heavy atom. The molecule has 11 nitrogen and oxygen atoms in total. The molecule has 0 aromatic heterocycles. The van der Waals surface area contributed by atoms with E-state index in [1.165, 1.54) is 35.4 Å². The number of hydrogen-bond donors (Lipinski definition) is 3. The minimum absolute atomic E-state index is 0.153. The van der Waals surface area contributed by atoms with Gasteiger partial charge in [0.1, 0.15) is 18.1 Å². The maximum Gasteiger partial charge on any atom is 0.303 e. The van der Waals surface area contributed by atoms with Gasteiger partial charge in [0.25, 0.3) is 20.2 Å². The number of allylic oxidation sites excluding steroid dienone is 7. The van der Waals surface area contributed by atoms with Gasteiger partial charge in [-0.15, -0.1) is 0 Å². The molecule has 13 heteroatoms. The van der Waals surface area contributed by atoms with Crippen molar-refractivity contribution < 1.29 is 45.2 Å². The van der Waals surface area contributed by atoms with Crippen LogP contribution in [0.1, 0.15) is 102 Å². The summed E-state index contributed by atoms with van der Waals surface area (Å²) in [6.45, 7) is 12.2. The summed E-state index contributed by atoms with van der Waals surface area (Å²) in [5.74, 6) is -0.00745. The summed E-state index contributed by atoms with van der Waals surface area (Å²) in [5.41, 5.74) is 9.11. The van der Waals surface area contributed by atoms with Crippen LogP contribution in [0.15, 0.2) is 119 Å². The Morgan fingerprint density at radius 2 is 1.57 bits per heavy atom. The van der Waals surface area contributed by atoms with E-state index in [0.717, 1.165) is 78.1 Å². The molecule has 2 aliphatic heterocycles. The number of nitrogens with zero attached hydrogens (tertiary/aromatic N) is 2. The normalized spacial score (nSPS) is 18.8. The van der Waals surface area contributed by atoms with Gasteiger partial charge >= 0.3 is 5.97 Å². The van der Waals surface area contributed by atoms with E-state index in [9.17, 15) is 30.7 Å². The molecule has 0 fully saturated rings. The van der Waals surface area contributed by atoms with Crippen molar-refractivity contribution in [1.29, 1.82) is 0 Å². The van der Waals surface area contributed by atoms with Crippen molar-refractivity contribution in [3.05, 3.63) is 130 Å². The molecule has 6 rings (SSSR count). The van der Waals surface area contributed by atoms with Crippen LogP contribution in [-0.2, 0) is 35.9 Å². The number of carbonyl (C=O) groups is 1. The number of fused-ring (bicyclic) bond motifs is 2. The second kappa shape index (κ2) is 18.0. The number of unbranched alkanes of at least 4 members (excludes halogenated alkanes) is 3. The zero-order valence-electron chi connectivity index (χ0n) is 35.1. The van der Waals surface area contributed by atoms with E-state index in [1.807, 2.05) is 6.07 Å². The first kappa shape index (κ1) is 44.7. The van der Waals surface area contributed by atoms with Gasteiger partial charge in [0.05, 0.1) is 16.1 Å². The number of para-hydroxylation sites is 1. The molecule has 0 saturated carbocycles. The molecule has 3 N–H and O–H groups in total. The molecule has 0 bridgehead atoms. The fraction of sp³-hybridized carbons (Fsp3) is 0.404. The minimum Gasteiger partial charge on any atom is -0.481 e. The van der Waals surface area contributed by atoms with Crippen LogP contribution < -0.4 is 9.64 Å². The number of aliphatic carboxylic acids is 1. The lowest BCUT2D eigenvalue weighted by atomic mass is 9.81. The van der Waals surface area contributed by atoms with Crippen molar-refractivity contribution in [3.63, 3.8) is 0 Å². The Balaban J connectivity index is 1.42. The van der Waals surface area contributed by atoms with Crippen LogP contribution in [0.25, 0.3) is 0 Å². The van der Waals surface area contributed by atoms with Gasteiger partial charge in [-0.1, -0.05) is 55.8 Å². The average Bonchev–Trinajstić information content (AvgIpc) is 3.52. The maximum absolute atomic E-state index is 11.9. The molecule has 3 aromatic rings. The van der Waals surface area contributed by atoms with Crippen LogP contribution in [-0.4, -0.2) is 66.1 Å². The maximum atomic E-state index is 11.9. The Morgan fingerprint density at radius 1 is 0.833 bits per heavy atom. The molecule has 0 spiro atoms. The summed E-state index contributed by atoms with van der Waals surface area (Å²) in [6.07, 6.45) is 14.1. The fourth-order valence-corrected chi connectivity index (χ4v) is 9.75. The van der Waals surface area contributed by atoms with Gasteiger partial charge in [0, 0.05) is 53.9 Å². The number of hydrogen-bond acceptors (Lipinski definition) is 7. The molecule has 0 atom stereocenters. The van der Waals surface area contributed by atoms with E-state index >= 15 is 0 Å². The van der Waals surface area contributed by atoms with E-state index in [0.29, 0.717) is 37.3 Å². The number of anilines is 1. The van der Waals surface area contributed by atoms with Crippen molar-refractivity contribution in [2.24, 2.45) is 0 Å². The molecule has 0 unspecified atom stereocenters. The SMILES string of the molecule is Cc1ccc2c(c1)C(C)(C)/C(=C\C=C1/CCCC(/C=C/C3=[N+](CCCCCC(=O)O)c4ccccc4C3(C)C)=C1Oc1ccc(S(=O)(=O)O)cc1)N2CCCCS(=O)(=O)O. The topological polar surface area (TPSA) is 162 Å². The first-order valence-electron chi connectivity index (χ1n) is 20.7. The first-order chi connectivity index (χ1) is 28.3. The van der Waals surface area contributed by atoms with E-state index in [1.54, 1.807) is 0 Å². The minimum atomic E-state index is -4.40. The van der Waals surface area contributed by atoms with Gasteiger partial charge < -0.3 is 14.7 Å². The Kier molecular flexibility index (Phi) is 13.4. The molecule has 3 aromatic carbocycles. The van der Waals surface area contributed by atoms with E-state index in [4.69, 9.17) is 9.84 Å². The predicted molar refractivity (Wildman–Crippen MR) is 236 cm³/mol. The van der Waals surface area contributed by atoms with Gasteiger partial charge in [-0.05, 0) is 125 Å². The number of benzene rings is 3. The number of rotatable bonds is 17. The monoisotopic (exact) mass is 857 g/mol. The zero-order valence-corrected chi connectivity index (χ0v) is 36.8. The fourth-order valence-electron chi connectivity index (χ4n) is 8.70. The Labute approximate surface area is 355 Å². The van der Waals surface area contributed by atoms with E-state index < -0.39 is 26.2 Å². The van der Waals surface area contributed by atoms with Crippen molar-refractivity contribution >= 4 is 43.3 Å². The third-order valence-electron chi connectivity index (χ3n) is 11.9. The highest BCUT2D eigenvalue weighted by Crippen LogP contribution is 2.48. The number of carboxylic acids is 1. The third kappa shape index (κ3) is 10.2. The highest BCUT2D eigenvalue weighted by Gasteiger charge is 2.44. The van der Waals surface area contributed by atoms with Gasteiger partial charge in [0.15, 0.2) is 5.71 Å². The lowest BCUT2D eigenvalue weighted by molar-refractivity contribution is -0.438. The Hall–Kier alpha value is -4.82. The lowest BCUT2D eigenvalue weighted by Crippen LogP contribution is -2.28. The number of carboxylic acid groups (broad SMARTS) is 1. The number of aryl methyl sites for hydroxylation is 1. The molecular formula is C47H57N2O9S2+. The van der Waals surface area contributed by atoms with Crippen molar-refractivity contribution in [2.45, 2.75) is 108 Å². The average molecular weight is 858 g/mol. The molecule has 2 heterocycles. The van der Waals surface area contributed by atoms with Crippen LogP contribution in [0.3, 0.4) is 0 Å². The van der Waals surface area contributed by atoms with Crippen molar-refractivity contribution in [3.8, 4) is 5.75 Å². The molecule has 0 saturated heterocycles. The van der Waals surface area contributed by atoms with Crippen LogP contribution in [0.5, 0.6) is 5.75 Å². The van der Waals surface area contributed by atoms with Crippen LogP contribution in [0, 0.1) is 6.92 Å².